The molecular formula is C27H37N5O3. The van der Waals surface area contributed by atoms with E-state index in [1.165, 1.54) is 0 Å². The molecule has 4 rings (SSSR count). The molecule has 188 valence electrons. The lowest BCUT2D eigenvalue weighted by Crippen LogP contribution is -2.59. The Hall–Kier alpha value is -2.97. The number of fused-ring (bicyclic) bond motifs is 2. The predicted octanol–water partition coefficient (Wildman–Crippen LogP) is 2.11. The quantitative estimate of drug-likeness (QED) is 0.508. The summed E-state index contributed by atoms with van der Waals surface area (Å²) in [5.41, 5.74) is 0.290. The summed E-state index contributed by atoms with van der Waals surface area (Å²) in [7, 11) is 1.71. The number of likely N-dealkylation sites (tertiary alicyclic amines) is 1. The Morgan fingerprint density at radius 3 is 2.51 bits per heavy atom. The van der Waals surface area contributed by atoms with Gasteiger partial charge in [-0.05, 0) is 37.3 Å². The number of carbonyl (C=O) groups is 3. The van der Waals surface area contributed by atoms with Gasteiger partial charge in [0.05, 0.1) is 18.0 Å². The van der Waals surface area contributed by atoms with Crippen LogP contribution in [0.5, 0.6) is 0 Å². The molecule has 0 aliphatic carbocycles. The lowest BCUT2D eigenvalue weighted by atomic mass is 9.85. The van der Waals surface area contributed by atoms with Crippen molar-refractivity contribution in [3.8, 4) is 0 Å². The van der Waals surface area contributed by atoms with Gasteiger partial charge in [0.15, 0.2) is 0 Å². The first-order chi connectivity index (χ1) is 16.6. The molecule has 2 saturated heterocycles. The second-order valence-electron chi connectivity index (χ2n) is 10.8. The Morgan fingerprint density at radius 2 is 1.80 bits per heavy atom. The molecule has 8 nitrogen and oxygen atoms in total. The first-order valence-electron chi connectivity index (χ1n) is 12.4. The van der Waals surface area contributed by atoms with Crippen molar-refractivity contribution in [1.82, 2.24) is 20.9 Å². The van der Waals surface area contributed by atoms with Crippen molar-refractivity contribution in [3.63, 3.8) is 0 Å². The van der Waals surface area contributed by atoms with E-state index in [1.54, 1.807) is 14.0 Å². The minimum absolute atomic E-state index is 0.0646. The van der Waals surface area contributed by atoms with E-state index in [0.717, 1.165) is 22.9 Å². The molecule has 4 N–H and O–H groups in total. The van der Waals surface area contributed by atoms with Gasteiger partial charge < -0.3 is 26.2 Å². The third-order valence-electron chi connectivity index (χ3n) is 7.36. The number of carbonyl (C=O) groups excluding carboxylic acids is 3. The SMILES string of the molecule is CN[C@@H](C)C(=O)N[C@H](C(=O)N1CC[C@H]2NC[C@H](C(=O)Nc3cccc4ccccc34)[C@H]21)C(C)(C)C. The maximum absolute atomic E-state index is 13.8. The van der Waals surface area contributed by atoms with Crippen LogP contribution in [0.1, 0.15) is 34.1 Å². The maximum Gasteiger partial charge on any atom is 0.246 e. The van der Waals surface area contributed by atoms with Crippen molar-refractivity contribution >= 4 is 34.2 Å². The summed E-state index contributed by atoms with van der Waals surface area (Å²) in [4.78, 5) is 41.7. The lowest BCUT2D eigenvalue weighted by Gasteiger charge is -2.37. The third kappa shape index (κ3) is 5.04. The summed E-state index contributed by atoms with van der Waals surface area (Å²) < 4.78 is 0. The second kappa shape index (κ2) is 9.95. The van der Waals surface area contributed by atoms with Crippen LogP contribution in [0.15, 0.2) is 42.5 Å². The summed E-state index contributed by atoms with van der Waals surface area (Å²) in [6.07, 6.45) is 0.784. The fourth-order valence-corrected chi connectivity index (χ4v) is 5.21. The molecule has 5 atom stereocenters. The van der Waals surface area contributed by atoms with E-state index < -0.39 is 17.5 Å². The number of nitrogens with one attached hydrogen (secondary N) is 4. The van der Waals surface area contributed by atoms with E-state index in [0.29, 0.717) is 13.1 Å². The van der Waals surface area contributed by atoms with Crippen LogP contribution in [0, 0.1) is 11.3 Å². The van der Waals surface area contributed by atoms with Gasteiger partial charge in [-0.2, -0.15) is 0 Å². The fraction of sp³-hybridized carbons (Fsp3) is 0.519. The molecule has 2 heterocycles. The van der Waals surface area contributed by atoms with Gasteiger partial charge in [-0.25, -0.2) is 0 Å². The number of benzene rings is 2. The predicted molar refractivity (Wildman–Crippen MR) is 138 cm³/mol. The van der Waals surface area contributed by atoms with Crippen LogP contribution in [-0.2, 0) is 14.4 Å². The number of rotatable bonds is 6. The van der Waals surface area contributed by atoms with E-state index in [-0.39, 0.29) is 35.7 Å². The van der Waals surface area contributed by atoms with Gasteiger partial charge in [0, 0.05) is 30.2 Å². The molecule has 2 aliphatic heterocycles. The van der Waals surface area contributed by atoms with Crippen LogP contribution in [-0.4, -0.2) is 66.9 Å². The van der Waals surface area contributed by atoms with Crippen LogP contribution in [0.2, 0.25) is 0 Å². The van der Waals surface area contributed by atoms with Gasteiger partial charge in [0.1, 0.15) is 6.04 Å². The van der Waals surface area contributed by atoms with Crippen LogP contribution in [0.3, 0.4) is 0 Å². The molecule has 0 saturated carbocycles. The number of likely N-dealkylation sites (N-methyl/N-ethyl adjacent to an activating group) is 1. The number of amides is 3. The van der Waals surface area contributed by atoms with Gasteiger partial charge in [-0.3, -0.25) is 14.4 Å². The highest BCUT2D eigenvalue weighted by atomic mass is 16.2. The summed E-state index contributed by atoms with van der Waals surface area (Å²) in [5, 5.41) is 14.5. The summed E-state index contributed by atoms with van der Waals surface area (Å²) in [5.74, 6) is -0.821. The minimum atomic E-state index is -0.688. The third-order valence-corrected chi connectivity index (χ3v) is 7.36. The molecule has 0 radical (unpaired) electrons. The standard InChI is InChI=1S/C27H37N5O3/c1-16(28-5)24(33)31-23(27(2,3)4)26(35)32-14-13-21-22(32)19(15-29-21)25(34)30-20-12-8-10-17-9-6-7-11-18(17)20/h6-12,16,19,21-23,28-29H,13-15H2,1-5H3,(H,30,34)(H,31,33)/t16-,19-,21+,22+,23+/m0/s1. The Bertz CT molecular complexity index is 1110. The molecule has 2 aromatic carbocycles. The summed E-state index contributed by atoms with van der Waals surface area (Å²) in [6, 6.07) is 12.5. The molecule has 0 bridgehead atoms. The zero-order valence-electron chi connectivity index (χ0n) is 21.2. The molecule has 2 aliphatic rings. The monoisotopic (exact) mass is 479 g/mol. The molecule has 35 heavy (non-hydrogen) atoms. The van der Waals surface area contributed by atoms with E-state index in [4.69, 9.17) is 0 Å². The van der Waals surface area contributed by atoms with Crippen molar-refractivity contribution in [2.45, 2.75) is 58.3 Å². The van der Waals surface area contributed by atoms with Crippen LogP contribution in [0.4, 0.5) is 5.69 Å². The van der Waals surface area contributed by atoms with Gasteiger partial charge in [0.25, 0.3) is 0 Å². The smallest absolute Gasteiger partial charge is 0.246 e. The molecule has 0 aromatic heterocycles. The van der Waals surface area contributed by atoms with E-state index in [2.05, 4.69) is 21.3 Å². The Morgan fingerprint density at radius 1 is 1.09 bits per heavy atom. The number of anilines is 1. The first-order valence-corrected chi connectivity index (χ1v) is 12.4. The van der Waals surface area contributed by atoms with E-state index in [9.17, 15) is 14.4 Å². The van der Waals surface area contributed by atoms with Gasteiger partial charge in [0.2, 0.25) is 17.7 Å². The number of hydrogen-bond donors (Lipinski definition) is 4. The van der Waals surface area contributed by atoms with Crippen LogP contribution < -0.4 is 21.3 Å². The van der Waals surface area contributed by atoms with Crippen molar-refractivity contribution in [3.05, 3.63) is 42.5 Å². The summed E-state index contributed by atoms with van der Waals surface area (Å²) >= 11 is 0. The van der Waals surface area contributed by atoms with Crippen LogP contribution >= 0.6 is 0 Å². The normalized spacial score (nSPS) is 23.6. The highest BCUT2D eigenvalue weighted by molar-refractivity contribution is 6.03. The first kappa shape index (κ1) is 25.1. The van der Waals surface area contributed by atoms with E-state index in [1.807, 2.05) is 68.1 Å². The largest absolute Gasteiger partial charge is 0.342 e. The molecule has 8 heteroatoms. The Balaban J connectivity index is 1.54. The summed E-state index contributed by atoms with van der Waals surface area (Å²) in [6.45, 7) is 8.68. The number of nitrogens with zero attached hydrogens (tertiary/aromatic N) is 1. The van der Waals surface area contributed by atoms with Crippen LogP contribution in [0.25, 0.3) is 10.8 Å². The highest BCUT2D eigenvalue weighted by Gasteiger charge is 2.51. The fourth-order valence-electron chi connectivity index (χ4n) is 5.21. The zero-order valence-corrected chi connectivity index (χ0v) is 21.2. The molecule has 0 spiro atoms. The maximum atomic E-state index is 13.8. The Labute approximate surface area is 207 Å². The van der Waals surface area contributed by atoms with Crippen molar-refractivity contribution in [2.75, 3.05) is 25.5 Å². The average molecular weight is 480 g/mol. The van der Waals surface area contributed by atoms with Crippen molar-refractivity contribution in [1.29, 1.82) is 0 Å². The average Bonchev–Trinajstić information content (AvgIpc) is 3.43. The highest BCUT2D eigenvalue weighted by Crippen LogP contribution is 2.33. The minimum Gasteiger partial charge on any atom is -0.342 e. The molecule has 2 fully saturated rings. The van der Waals surface area contributed by atoms with E-state index >= 15 is 0 Å². The molecular weight excluding hydrogens is 442 g/mol. The molecule has 2 aromatic rings. The van der Waals surface area contributed by atoms with Crippen molar-refractivity contribution in [2.24, 2.45) is 11.3 Å². The van der Waals surface area contributed by atoms with Crippen molar-refractivity contribution < 1.29 is 14.4 Å². The Kier molecular flexibility index (Phi) is 7.15. The molecule has 3 amide bonds. The van der Waals surface area contributed by atoms with Gasteiger partial charge >= 0.3 is 0 Å². The zero-order chi connectivity index (χ0) is 25.3. The lowest BCUT2D eigenvalue weighted by molar-refractivity contribution is -0.141. The molecule has 0 unspecified atom stereocenters. The van der Waals surface area contributed by atoms with Gasteiger partial charge in [-0.15, -0.1) is 0 Å². The number of hydrogen-bond acceptors (Lipinski definition) is 5. The van der Waals surface area contributed by atoms with Gasteiger partial charge in [-0.1, -0.05) is 57.2 Å². The second-order valence-corrected chi connectivity index (χ2v) is 10.8. The topological polar surface area (TPSA) is 103 Å².